The maximum Gasteiger partial charge on any atom is 0.0575 e. The standard InChI is InChI=1S/C14H23N3/c1-2-3-7-14(13-6-4-5-8-16-13)17-11-9-15-10-12-17/h4-6,8,14-15H,2-3,7,9-12H2,1H3/t14-/m0/s1. The highest BCUT2D eigenvalue weighted by atomic mass is 15.2. The highest BCUT2D eigenvalue weighted by Crippen LogP contribution is 2.24. The average Bonchev–Trinajstić information content (AvgIpc) is 2.42. The van der Waals surface area contributed by atoms with Crippen LogP contribution in [-0.4, -0.2) is 36.1 Å². The molecule has 94 valence electrons. The molecule has 2 rings (SSSR count). The summed E-state index contributed by atoms with van der Waals surface area (Å²) in [6.45, 7) is 6.76. The van der Waals surface area contributed by atoms with E-state index in [1.807, 2.05) is 12.3 Å². The molecule has 1 aliphatic rings. The van der Waals surface area contributed by atoms with Gasteiger partial charge in [0.15, 0.2) is 0 Å². The number of nitrogens with zero attached hydrogens (tertiary/aromatic N) is 2. The van der Waals surface area contributed by atoms with Crippen LogP contribution in [0, 0.1) is 0 Å². The Kier molecular flexibility index (Phi) is 4.95. The molecule has 0 saturated carbocycles. The molecule has 3 heteroatoms. The van der Waals surface area contributed by atoms with Crippen molar-refractivity contribution >= 4 is 0 Å². The zero-order valence-electron chi connectivity index (χ0n) is 10.7. The number of pyridine rings is 1. The van der Waals surface area contributed by atoms with Crippen molar-refractivity contribution < 1.29 is 0 Å². The summed E-state index contributed by atoms with van der Waals surface area (Å²) >= 11 is 0. The van der Waals surface area contributed by atoms with Crippen molar-refractivity contribution in [1.29, 1.82) is 0 Å². The maximum absolute atomic E-state index is 4.55. The minimum atomic E-state index is 0.512. The van der Waals surface area contributed by atoms with E-state index in [9.17, 15) is 0 Å². The normalized spacial score (nSPS) is 19.1. The van der Waals surface area contributed by atoms with Gasteiger partial charge < -0.3 is 5.32 Å². The quantitative estimate of drug-likeness (QED) is 0.845. The van der Waals surface area contributed by atoms with E-state index in [2.05, 4.69) is 34.3 Å². The third-order valence-corrected chi connectivity index (χ3v) is 3.45. The molecular weight excluding hydrogens is 210 g/mol. The lowest BCUT2D eigenvalue weighted by Gasteiger charge is -2.34. The van der Waals surface area contributed by atoms with Gasteiger partial charge in [-0.2, -0.15) is 0 Å². The van der Waals surface area contributed by atoms with Crippen LogP contribution in [-0.2, 0) is 0 Å². The molecule has 0 radical (unpaired) electrons. The molecule has 1 aliphatic heterocycles. The summed E-state index contributed by atoms with van der Waals surface area (Å²) in [6, 6.07) is 6.78. The second-order valence-electron chi connectivity index (χ2n) is 4.70. The molecule has 0 amide bonds. The summed E-state index contributed by atoms with van der Waals surface area (Å²) in [5, 5.41) is 3.42. The van der Waals surface area contributed by atoms with E-state index in [4.69, 9.17) is 0 Å². The van der Waals surface area contributed by atoms with Crippen molar-refractivity contribution in [3.8, 4) is 0 Å². The maximum atomic E-state index is 4.55. The number of piperazine rings is 1. The van der Waals surface area contributed by atoms with Gasteiger partial charge in [0.05, 0.1) is 11.7 Å². The fraction of sp³-hybridized carbons (Fsp3) is 0.643. The number of nitrogens with one attached hydrogen (secondary N) is 1. The molecule has 1 atom stereocenters. The second-order valence-corrected chi connectivity index (χ2v) is 4.70. The molecule has 2 heterocycles. The molecule has 0 bridgehead atoms. The summed E-state index contributed by atoms with van der Waals surface area (Å²) in [5.74, 6) is 0. The van der Waals surface area contributed by atoms with Gasteiger partial charge in [-0.3, -0.25) is 9.88 Å². The first-order chi connectivity index (χ1) is 8.42. The van der Waals surface area contributed by atoms with Gasteiger partial charge in [-0.25, -0.2) is 0 Å². The minimum Gasteiger partial charge on any atom is -0.314 e. The van der Waals surface area contributed by atoms with Gasteiger partial charge in [0.1, 0.15) is 0 Å². The van der Waals surface area contributed by atoms with E-state index >= 15 is 0 Å². The van der Waals surface area contributed by atoms with Crippen LogP contribution in [0.3, 0.4) is 0 Å². The van der Waals surface area contributed by atoms with Crippen LogP contribution in [0.4, 0.5) is 0 Å². The van der Waals surface area contributed by atoms with Gasteiger partial charge >= 0.3 is 0 Å². The predicted octanol–water partition coefficient (Wildman–Crippen LogP) is 2.22. The number of aromatic nitrogens is 1. The summed E-state index contributed by atoms with van der Waals surface area (Å²) in [4.78, 5) is 7.12. The van der Waals surface area contributed by atoms with Crippen molar-refractivity contribution in [2.75, 3.05) is 26.2 Å². The van der Waals surface area contributed by atoms with Crippen LogP contribution in [0.25, 0.3) is 0 Å². The SMILES string of the molecule is CCCC[C@@H](c1ccccn1)N1CCNCC1. The molecule has 0 spiro atoms. The second kappa shape index (κ2) is 6.72. The molecule has 1 aromatic heterocycles. The van der Waals surface area contributed by atoms with Gasteiger partial charge in [-0.15, -0.1) is 0 Å². The number of hydrogen-bond donors (Lipinski definition) is 1. The smallest absolute Gasteiger partial charge is 0.0575 e. The molecule has 3 nitrogen and oxygen atoms in total. The van der Waals surface area contributed by atoms with E-state index in [0.29, 0.717) is 6.04 Å². The molecule has 1 saturated heterocycles. The van der Waals surface area contributed by atoms with Crippen LogP contribution in [0.2, 0.25) is 0 Å². The lowest BCUT2D eigenvalue weighted by atomic mass is 10.0. The van der Waals surface area contributed by atoms with Crippen molar-refractivity contribution in [3.05, 3.63) is 30.1 Å². The van der Waals surface area contributed by atoms with Gasteiger partial charge in [-0.1, -0.05) is 25.8 Å². The van der Waals surface area contributed by atoms with E-state index in [0.717, 1.165) is 26.2 Å². The first kappa shape index (κ1) is 12.5. The Balaban J connectivity index is 2.06. The lowest BCUT2D eigenvalue weighted by Crippen LogP contribution is -2.45. The zero-order valence-corrected chi connectivity index (χ0v) is 10.7. The topological polar surface area (TPSA) is 28.2 Å². The molecule has 0 aromatic carbocycles. The van der Waals surface area contributed by atoms with Crippen LogP contribution in [0.15, 0.2) is 24.4 Å². The third-order valence-electron chi connectivity index (χ3n) is 3.45. The Morgan fingerprint density at radius 1 is 1.35 bits per heavy atom. The van der Waals surface area contributed by atoms with Crippen molar-refractivity contribution in [1.82, 2.24) is 15.2 Å². The van der Waals surface area contributed by atoms with Crippen LogP contribution >= 0.6 is 0 Å². The molecule has 0 aliphatic carbocycles. The highest BCUT2D eigenvalue weighted by molar-refractivity contribution is 5.09. The van der Waals surface area contributed by atoms with E-state index in [1.165, 1.54) is 25.0 Å². The Morgan fingerprint density at radius 2 is 2.18 bits per heavy atom. The third kappa shape index (κ3) is 3.51. The van der Waals surface area contributed by atoms with Crippen LogP contribution in [0.5, 0.6) is 0 Å². The first-order valence-electron chi connectivity index (χ1n) is 6.77. The summed E-state index contributed by atoms with van der Waals surface area (Å²) < 4.78 is 0. The van der Waals surface area contributed by atoms with Gasteiger partial charge in [0.25, 0.3) is 0 Å². The van der Waals surface area contributed by atoms with Crippen molar-refractivity contribution in [2.45, 2.75) is 32.2 Å². The number of hydrogen-bond acceptors (Lipinski definition) is 3. The van der Waals surface area contributed by atoms with E-state index < -0.39 is 0 Å². The molecule has 0 unspecified atom stereocenters. The molecule has 1 aromatic rings. The van der Waals surface area contributed by atoms with Crippen molar-refractivity contribution in [2.24, 2.45) is 0 Å². The largest absolute Gasteiger partial charge is 0.314 e. The fourth-order valence-corrected chi connectivity index (χ4v) is 2.48. The summed E-state index contributed by atoms with van der Waals surface area (Å²) in [6.07, 6.45) is 5.69. The van der Waals surface area contributed by atoms with Crippen LogP contribution in [0.1, 0.15) is 37.9 Å². The fourth-order valence-electron chi connectivity index (χ4n) is 2.48. The van der Waals surface area contributed by atoms with E-state index in [1.54, 1.807) is 0 Å². The Labute approximate surface area is 104 Å². The number of unbranched alkanes of at least 4 members (excludes halogenated alkanes) is 1. The number of rotatable bonds is 5. The summed E-state index contributed by atoms with van der Waals surface area (Å²) in [5.41, 5.74) is 1.24. The first-order valence-corrected chi connectivity index (χ1v) is 6.77. The monoisotopic (exact) mass is 233 g/mol. The Hall–Kier alpha value is -0.930. The van der Waals surface area contributed by atoms with Gasteiger partial charge in [0.2, 0.25) is 0 Å². The minimum absolute atomic E-state index is 0.512. The van der Waals surface area contributed by atoms with Gasteiger partial charge in [-0.05, 0) is 18.6 Å². The summed E-state index contributed by atoms with van der Waals surface area (Å²) in [7, 11) is 0. The highest BCUT2D eigenvalue weighted by Gasteiger charge is 2.22. The van der Waals surface area contributed by atoms with Gasteiger partial charge in [0, 0.05) is 32.4 Å². The molecular formula is C14H23N3. The van der Waals surface area contributed by atoms with Crippen LogP contribution < -0.4 is 5.32 Å². The molecule has 17 heavy (non-hydrogen) atoms. The molecule has 1 N–H and O–H groups in total. The zero-order chi connectivity index (χ0) is 11.9. The van der Waals surface area contributed by atoms with E-state index in [-0.39, 0.29) is 0 Å². The average molecular weight is 233 g/mol. The predicted molar refractivity (Wildman–Crippen MR) is 70.9 cm³/mol. The Bertz CT molecular complexity index is 307. The lowest BCUT2D eigenvalue weighted by molar-refractivity contribution is 0.160. The molecule has 1 fully saturated rings. The van der Waals surface area contributed by atoms with Crippen molar-refractivity contribution in [3.63, 3.8) is 0 Å². The Morgan fingerprint density at radius 3 is 2.82 bits per heavy atom.